The third-order valence-electron chi connectivity index (χ3n) is 5.24. The molecule has 2 aromatic carbocycles. The summed E-state index contributed by atoms with van der Waals surface area (Å²) >= 11 is 22.6. The zero-order valence-electron chi connectivity index (χ0n) is 20.8. The Morgan fingerprint density at radius 3 is 1.37 bits per heavy atom. The third-order valence-corrected chi connectivity index (χ3v) is 13.8. The van der Waals surface area contributed by atoms with Crippen molar-refractivity contribution in [3.63, 3.8) is 0 Å². The lowest BCUT2D eigenvalue weighted by Gasteiger charge is -2.34. The van der Waals surface area contributed by atoms with E-state index in [1.54, 1.807) is 0 Å². The summed E-state index contributed by atoms with van der Waals surface area (Å²) in [5.41, 5.74) is 1.85. The van der Waals surface area contributed by atoms with E-state index in [9.17, 15) is 0 Å². The van der Waals surface area contributed by atoms with Crippen molar-refractivity contribution in [2.45, 2.75) is 51.1 Å². The monoisotopic (exact) mass is 586 g/mol. The standard InChI is InChI=1S/C24H36Cl2N4OS2Si2/c1-34(2,17-5-15-27-23(32)29-21-11-7-19(25)8-12-21)31-35(3,4)18-6-16-28-24(33)30-22-13-9-20(26)10-14-22/h7-14H,5-6,15-18H2,1-4H3,(H2,27,29,32)(H2,28,30,33). The number of halogens is 2. The van der Waals surface area contributed by atoms with E-state index in [1.807, 2.05) is 48.5 Å². The first kappa shape index (κ1) is 30.0. The summed E-state index contributed by atoms with van der Waals surface area (Å²) in [6, 6.07) is 17.2. The highest BCUT2D eigenvalue weighted by Gasteiger charge is 2.32. The van der Waals surface area contributed by atoms with Crippen LogP contribution < -0.4 is 21.3 Å². The number of thiocarbonyl (C=S) groups is 2. The van der Waals surface area contributed by atoms with Gasteiger partial charge in [0.15, 0.2) is 26.9 Å². The van der Waals surface area contributed by atoms with E-state index in [0.717, 1.165) is 49.4 Å². The fourth-order valence-electron chi connectivity index (χ4n) is 3.70. The Kier molecular flexibility index (Phi) is 12.4. The summed E-state index contributed by atoms with van der Waals surface area (Å²) in [7, 11) is -3.51. The molecule has 35 heavy (non-hydrogen) atoms. The highest BCUT2D eigenvalue weighted by molar-refractivity contribution is 7.80. The van der Waals surface area contributed by atoms with E-state index in [0.29, 0.717) is 20.3 Å². The normalized spacial score (nSPS) is 11.6. The van der Waals surface area contributed by atoms with Crippen LogP contribution in [-0.4, -0.2) is 39.9 Å². The van der Waals surface area contributed by atoms with Crippen LogP contribution in [0.3, 0.4) is 0 Å². The predicted molar refractivity (Wildman–Crippen MR) is 166 cm³/mol. The molecule has 0 radical (unpaired) electrons. The Labute approximate surface area is 233 Å². The van der Waals surface area contributed by atoms with Crippen molar-refractivity contribution in [1.82, 2.24) is 10.6 Å². The Balaban J connectivity index is 1.61. The van der Waals surface area contributed by atoms with Gasteiger partial charge in [-0.15, -0.1) is 0 Å². The highest BCUT2D eigenvalue weighted by Crippen LogP contribution is 2.23. The molecule has 2 rings (SSSR count). The van der Waals surface area contributed by atoms with Gasteiger partial charge in [-0.3, -0.25) is 0 Å². The molecule has 0 saturated carbocycles. The largest absolute Gasteiger partial charge is 0.455 e. The van der Waals surface area contributed by atoms with Gasteiger partial charge in [0.25, 0.3) is 0 Å². The Morgan fingerprint density at radius 1 is 0.686 bits per heavy atom. The van der Waals surface area contributed by atoms with Gasteiger partial charge in [0, 0.05) is 34.5 Å². The first-order chi connectivity index (χ1) is 16.4. The van der Waals surface area contributed by atoms with Gasteiger partial charge in [0.1, 0.15) is 0 Å². The van der Waals surface area contributed by atoms with Gasteiger partial charge >= 0.3 is 0 Å². The maximum absolute atomic E-state index is 6.75. The van der Waals surface area contributed by atoms with Crippen molar-refractivity contribution in [1.29, 1.82) is 0 Å². The Morgan fingerprint density at radius 2 is 1.03 bits per heavy atom. The molecule has 11 heteroatoms. The highest BCUT2D eigenvalue weighted by atomic mass is 35.5. The van der Waals surface area contributed by atoms with Crippen LogP contribution in [0.1, 0.15) is 12.8 Å². The van der Waals surface area contributed by atoms with E-state index in [2.05, 4.69) is 47.5 Å². The molecule has 0 fully saturated rings. The van der Waals surface area contributed by atoms with Crippen molar-refractivity contribution in [3.05, 3.63) is 58.6 Å². The average Bonchev–Trinajstić information content (AvgIpc) is 2.77. The van der Waals surface area contributed by atoms with Crippen LogP contribution in [0.15, 0.2) is 48.5 Å². The minimum atomic E-state index is -1.75. The number of hydrogen-bond acceptors (Lipinski definition) is 3. The summed E-state index contributed by atoms with van der Waals surface area (Å²) < 4.78 is 6.75. The molecule has 0 atom stereocenters. The van der Waals surface area contributed by atoms with Crippen LogP contribution in [0.4, 0.5) is 11.4 Å². The molecule has 2 aromatic rings. The van der Waals surface area contributed by atoms with Crippen molar-refractivity contribution < 1.29 is 4.12 Å². The van der Waals surface area contributed by atoms with Gasteiger partial charge in [0.2, 0.25) is 0 Å². The van der Waals surface area contributed by atoms with Crippen LogP contribution in [0.5, 0.6) is 0 Å². The van der Waals surface area contributed by atoms with Crippen molar-refractivity contribution in [2.24, 2.45) is 0 Å². The second-order valence-corrected chi connectivity index (χ2v) is 20.1. The van der Waals surface area contributed by atoms with Crippen molar-refractivity contribution in [3.8, 4) is 0 Å². The fourth-order valence-corrected chi connectivity index (χ4v) is 13.2. The van der Waals surface area contributed by atoms with E-state index < -0.39 is 16.6 Å². The minimum Gasteiger partial charge on any atom is -0.455 e. The van der Waals surface area contributed by atoms with E-state index >= 15 is 0 Å². The van der Waals surface area contributed by atoms with Gasteiger partial charge in [-0.25, -0.2) is 0 Å². The van der Waals surface area contributed by atoms with Crippen molar-refractivity contribution >= 4 is 85.9 Å². The molecule has 192 valence electrons. The maximum Gasteiger partial charge on any atom is 0.173 e. The molecule has 0 bridgehead atoms. The van der Waals surface area contributed by atoms with Crippen LogP contribution in [0, 0.1) is 0 Å². The number of nitrogens with one attached hydrogen (secondary N) is 4. The zero-order chi connectivity index (χ0) is 25.9. The molecule has 0 aliphatic carbocycles. The molecule has 0 heterocycles. The van der Waals surface area contributed by atoms with Crippen LogP contribution >= 0.6 is 47.6 Å². The summed E-state index contributed by atoms with van der Waals surface area (Å²) in [6.07, 6.45) is 2.05. The van der Waals surface area contributed by atoms with E-state index in [4.69, 9.17) is 51.8 Å². The summed E-state index contributed by atoms with van der Waals surface area (Å²) in [5, 5.41) is 15.6. The van der Waals surface area contributed by atoms with Gasteiger partial charge in [-0.05, 0) is 124 Å². The molecule has 0 amide bonds. The van der Waals surface area contributed by atoms with Gasteiger partial charge in [-0.2, -0.15) is 0 Å². The number of benzene rings is 2. The molecule has 5 nitrogen and oxygen atoms in total. The quantitative estimate of drug-likeness (QED) is 0.117. The summed E-state index contributed by atoms with van der Waals surface area (Å²) in [5.74, 6) is 0. The van der Waals surface area contributed by atoms with Crippen LogP contribution in [0.25, 0.3) is 0 Å². The lowest BCUT2D eigenvalue weighted by Crippen LogP contribution is -2.45. The molecule has 0 aliphatic rings. The minimum absolute atomic E-state index is 0.624. The van der Waals surface area contributed by atoms with Gasteiger partial charge in [-0.1, -0.05) is 23.2 Å². The van der Waals surface area contributed by atoms with Crippen LogP contribution in [0.2, 0.25) is 48.3 Å². The SMILES string of the molecule is C[Si](C)(CCCNC(=S)Nc1ccc(Cl)cc1)O[Si](C)(C)CCCNC(=S)Nc1ccc(Cl)cc1. The van der Waals surface area contributed by atoms with Gasteiger partial charge < -0.3 is 25.4 Å². The summed E-state index contributed by atoms with van der Waals surface area (Å²) in [4.78, 5) is 0. The van der Waals surface area contributed by atoms with Gasteiger partial charge in [0.05, 0.1) is 0 Å². The predicted octanol–water partition coefficient (Wildman–Crippen LogP) is 7.47. The first-order valence-corrected chi connectivity index (χ1v) is 19.6. The Bertz CT molecular complexity index is 884. The van der Waals surface area contributed by atoms with Crippen molar-refractivity contribution in [2.75, 3.05) is 23.7 Å². The maximum atomic E-state index is 6.75. The zero-order valence-corrected chi connectivity index (χ0v) is 26.0. The number of hydrogen-bond donors (Lipinski definition) is 4. The second kappa shape index (κ2) is 14.5. The lowest BCUT2D eigenvalue weighted by molar-refractivity contribution is 0.529. The van der Waals surface area contributed by atoms with Crippen LogP contribution in [-0.2, 0) is 4.12 Å². The molecular formula is C24H36Cl2N4OS2Si2. The Hall–Kier alpha value is -1.21. The average molecular weight is 588 g/mol. The fraction of sp³-hybridized carbons (Fsp3) is 0.417. The molecule has 0 aliphatic heterocycles. The number of rotatable bonds is 12. The topological polar surface area (TPSA) is 57.4 Å². The number of anilines is 2. The molecule has 0 spiro atoms. The lowest BCUT2D eigenvalue weighted by atomic mass is 10.3. The molecule has 0 aromatic heterocycles. The smallest absolute Gasteiger partial charge is 0.173 e. The molecule has 0 saturated heterocycles. The molecular weight excluding hydrogens is 552 g/mol. The molecule has 4 N–H and O–H groups in total. The summed E-state index contributed by atoms with van der Waals surface area (Å²) in [6.45, 7) is 10.9. The van der Waals surface area contributed by atoms with E-state index in [1.165, 1.54) is 0 Å². The molecule has 0 unspecified atom stereocenters. The first-order valence-electron chi connectivity index (χ1n) is 11.8. The third kappa shape index (κ3) is 13.1. The van der Waals surface area contributed by atoms with E-state index in [-0.39, 0.29) is 0 Å². The second-order valence-electron chi connectivity index (χ2n) is 9.60.